The summed E-state index contributed by atoms with van der Waals surface area (Å²) in [6.07, 6.45) is 7.19. The average Bonchev–Trinajstić information content (AvgIpc) is 2.90. The largest absolute Gasteiger partial charge is 0.452 e. The molecule has 0 spiro atoms. The lowest BCUT2D eigenvalue weighted by molar-refractivity contribution is 0.0800. The third-order valence-corrected chi connectivity index (χ3v) is 3.60. The lowest BCUT2D eigenvalue weighted by Gasteiger charge is -2.20. The quantitative estimate of drug-likeness (QED) is 0.709. The molecule has 0 aromatic carbocycles. The molecular weight excluding hydrogens is 248 g/mol. The molecule has 6 heteroatoms. The number of hydrogen-bond donors (Lipinski definition) is 0. The molecule has 0 N–H and O–H groups in total. The highest BCUT2D eigenvalue weighted by molar-refractivity contribution is 5.73. The Bertz CT molecular complexity index is 345. The molecule has 0 atom stereocenters. The first kappa shape index (κ1) is 14.0. The zero-order valence-electron chi connectivity index (χ0n) is 11.0. The maximum Gasteiger partial charge on any atom is 0.452 e. The van der Waals surface area contributed by atoms with Gasteiger partial charge in [0.2, 0.25) is 0 Å². The van der Waals surface area contributed by atoms with E-state index in [1.807, 2.05) is 0 Å². The van der Waals surface area contributed by atoms with Crippen molar-refractivity contribution in [1.82, 2.24) is 0 Å². The first-order valence-electron chi connectivity index (χ1n) is 7.07. The van der Waals surface area contributed by atoms with Crippen molar-refractivity contribution < 1.29 is 19.1 Å². The van der Waals surface area contributed by atoms with E-state index >= 15 is 0 Å². The van der Waals surface area contributed by atoms with Crippen molar-refractivity contribution >= 4 is 12.2 Å². The van der Waals surface area contributed by atoms with Crippen molar-refractivity contribution in [2.24, 2.45) is 10.2 Å². The summed E-state index contributed by atoms with van der Waals surface area (Å²) in [6.45, 7) is 0. The molecule has 19 heavy (non-hydrogen) atoms. The summed E-state index contributed by atoms with van der Waals surface area (Å²) in [5, 5.41) is 6.49. The van der Waals surface area contributed by atoms with E-state index in [1.54, 1.807) is 0 Å². The Hall–Kier alpha value is -1.46. The maximum absolute atomic E-state index is 11.4. The molecule has 2 fully saturated rings. The van der Waals surface area contributed by atoms with Crippen molar-refractivity contribution in [1.29, 1.82) is 0 Å². The van der Waals surface area contributed by atoms with E-state index in [0.29, 0.717) is 0 Å². The van der Waals surface area contributed by atoms with Crippen molar-refractivity contribution in [2.45, 2.75) is 70.0 Å². The van der Waals surface area contributed by atoms with Crippen LogP contribution >= 0.6 is 0 Å². The minimum atomic E-state index is -0.799. The molecule has 0 bridgehead atoms. The van der Waals surface area contributed by atoms with Gasteiger partial charge in [-0.25, -0.2) is 9.59 Å². The van der Waals surface area contributed by atoms with Gasteiger partial charge in [0.1, 0.15) is 12.2 Å². The van der Waals surface area contributed by atoms with Crippen molar-refractivity contribution in [2.75, 3.05) is 0 Å². The first-order chi connectivity index (χ1) is 9.24. The Balaban J connectivity index is 1.67. The van der Waals surface area contributed by atoms with Crippen LogP contribution in [0, 0.1) is 0 Å². The maximum atomic E-state index is 11.4. The number of carbonyl (C=O) groups excluding carboxylic acids is 2. The van der Waals surface area contributed by atoms with Gasteiger partial charge in [-0.05, 0) is 51.4 Å². The molecule has 0 radical (unpaired) electrons. The molecule has 2 aliphatic rings. The van der Waals surface area contributed by atoms with Crippen LogP contribution in [0.5, 0.6) is 0 Å². The Morgan fingerprint density at radius 1 is 0.684 bits per heavy atom. The van der Waals surface area contributed by atoms with E-state index in [1.165, 1.54) is 6.42 Å². The monoisotopic (exact) mass is 268 g/mol. The van der Waals surface area contributed by atoms with Gasteiger partial charge in [0, 0.05) is 0 Å². The van der Waals surface area contributed by atoms with Crippen LogP contribution in [-0.2, 0) is 9.47 Å². The normalized spacial score (nSPS) is 21.7. The van der Waals surface area contributed by atoms with Gasteiger partial charge < -0.3 is 9.47 Å². The number of azo groups is 1. The Labute approximate surface area is 112 Å². The molecule has 2 amide bonds. The molecule has 0 unspecified atom stereocenters. The van der Waals surface area contributed by atoms with Crippen molar-refractivity contribution in [3.63, 3.8) is 0 Å². The predicted molar refractivity (Wildman–Crippen MR) is 66.9 cm³/mol. The number of ether oxygens (including phenoxy) is 2. The zero-order chi connectivity index (χ0) is 13.5. The van der Waals surface area contributed by atoms with Gasteiger partial charge in [0.25, 0.3) is 0 Å². The average molecular weight is 268 g/mol. The number of hydrogen-bond acceptors (Lipinski definition) is 4. The molecule has 2 rings (SSSR count). The van der Waals surface area contributed by atoms with E-state index in [9.17, 15) is 9.59 Å². The summed E-state index contributed by atoms with van der Waals surface area (Å²) in [5.41, 5.74) is 0. The first-order valence-corrected chi connectivity index (χ1v) is 7.07. The van der Waals surface area contributed by atoms with E-state index < -0.39 is 12.2 Å². The summed E-state index contributed by atoms with van der Waals surface area (Å²) in [4.78, 5) is 22.7. The molecule has 0 heterocycles. The van der Waals surface area contributed by atoms with E-state index in [4.69, 9.17) is 9.47 Å². The van der Waals surface area contributed by atoms with Crippen LogP contribution in [0.25, 0.3) is 0 Å². The van der Waals surface area contributed by atoms with Gasteiger partial charge in [0.05, 0.1) is 0 Å². The summed E-state index contributed by atoms with van der Waals surface area (Å²) in [5.74, 6) is 0. The molecule has 6 nitrogen and oxygen atoms in total. The van der Waals surface area contributed by atoms with Gasteiger partial charge in [-0.1, -0.05) is 16.6 Å². The molecule has 0 aromatic heterocycles. The van der Waals surface area contributed by atoms with Crippen molar-refractivity contribution in [3.05, 3.63) is 0 Å². The highest BCUT2D eigenvalue weighted by Crippen LogP contribution is 2.22. The minimum absolute atomic E-state index is 0.0687. The predicted octanol–water partition coefficient (Wildman–Crippen LogP) is 3.99. The van der Waals surface area contributed by atoms with Gasteiger partial charge in [0.15, 0.2) is 0 Å². The SMILES string of the molecule is O=C(/N=N/C(=O)OC1CCCC1)OC1CCCCC1. The lowest BCUT2D eigenvalue weighted by Crippen LogP contribution is -2.19. The number of rotatable bonds is 2. The van der Waals surface area contributed by atoms with Crippen LogP contribution in [0.2, 0.25) is 0 Å². The summed E-state index contributed by atoms with van der Waals surface area (Å²) < 4.78 is 10.1. The number of amides is 2. The van der Waals surface area contributed by atoms with Crippen molar-refractivity contribution in [3.8, 4) is 0 Å². The fourth-order valence-corrected chi connectivity index (χ4v) is 2.60. The second-order valence-electron chi connectivity index (χ2n) is 5.13. The fourth-order valence-electron chi connectivity index (χ4n) is 2.60. The second kappa shape index (κ2) is 7.21. The van der Waals surface area contributed by atoms with Gasteiger partial charge in [-0.15, -0.1) is 0 Å². The Kier molecular flexibility index (Phi) is 5.30. The highest BCUT2D eigenvalue weighted by Gasteiger charge is 2.20. The summed E-state index contributed by atoms with van der Waals surface area (Å²) >= 11 is 0. The molecule has 0 aliphatic heterocycles. The van der Waals surface area contributed by atoms with Gasteiger partial charge in [-0.2, -0.15) is 0 Å². The molecule has 106 valence electrons. The molecule has 0 saturated heterocycles. The molecule has 2 saturated carbocycles. The summed E-state index contributed by atoms with van der Waals surface area (Å²) in [6, 6.07) is 0. The lowest BCUT2D eigenvalue weighted by atomic mass is 9.98. The molecule has 2 aliphatic carbocycles. The smallest absolute Gasteiger partial charge is 0.444 e. The van der Waals surface area contributed by atoms with Crippen LogP contribution in [0.4, 0.5) is 9.59 Å². The molecule has 0 aromatic rings. The van der Waals surface area contributed by atoms with E-state index in [0.717, 1.165) is 51.4 Å². The van der Waals surface area contributed by atoms with E-state index in [-0.39, 0.29) is 12.2 Å². The van der Waals surface area contributed by atoms with Crippen LogP contribution in [0.3, 0.4) is 0 Å². The molecular formula is C13H20N2O4. The van der Waals surface area contributed by atoms with Gasteiger partial charge in [-0.3, -0.25) is 0 Å². The summed E-state index contributed by atoms with van der Waals surface area (Å²) in [7, 11) is 0. The zero-order valence-corrected chi connectivity index (χ0v) is 11.0. The topological polar surface area (TPSA) is 77.3 Å². The third kappa shape index (κ3) is 4.96. The third-order valence-electron chi connectivity index (χ3n) is 3.60. The number of nitrogens with zero attached hydrogens (tertiary/aromatic N) is 2. The van der Waals surface area contributed by atoms with Crippen LogP contribution in [0.1, 0.15) is 57.8 Å². The Morgan fingerprint density at radius 2 is 1.05 bits per heavy atom. The highest BCUT2D eigenvalue weighted by atomic mass is 16.6. The van der Waals surface area contributed by atoms with E-state index in [2.05, 4.69) is 10.2 Å². The fraction of sp³-hybridized carbons (Fsp3) is 0.846. The van der Waals surface area contributed by atoms with Crippen LogP contribution < -0.4 is 0 Å². The minimum Gasteiger partial charge on any atom is -0.444 e. The van der Waals surface area contributed by atoms with Crippen LogP contribution in [-0.4, -0.2) is 24.4 Å². The standard InChI is InChI=1S/C13H20N2O4/c16-12(18-10-6-2-1-3-7-10)14-15-13(17)19-11-8-4-5-9-11/h10-11H,1-9H2/b15-14+. The Morgan fingerprint density at radius 3 is 1.47 bits per heavy atom. The van der Waals surface area contributed by atoms with Gasteiger partial charge >= 0.3 is 12.2 Å². The number of carbonyl (C=O) groups is 2. The second-order valence-corrected chi connectivity index (χ2v) is 5.13. The van der Waals surface area contributed by atoms with Crippen LogP contribution in [0.15, 0.2) is 10.2 Å².